The first kappa shape index (κ1) is 28.0. The van der Waals surface area contributed by atoms with E-state index in [1.54, 1.807) is 35.2 Å². The number of primary sulfonamides is 1. The number of ether oxygens (including phenoxy) is 1. The molecular weight excluding hydrogens is 509 g/mol. The molecule has 1 amide bonds. The summed E-state index contributed by atoms with van der Waals surface area (Å²) in [5.74, 6) is -1.27. The van der Waals surface area contributed by atoms with Crippen molar-refractivity contribution in [2.45, 2.75) is 45.3 Å². The van der Waals surface area contributed by atoms with Gasteiger partial charge in [-0.2, -0.15) is 0 Å². The van der Waals surface area contributed by atoms with Crippen molar-refractivity contribution in [3.63, 3.8) is 0 Å². The number of halogens is 2. The van der Waals surface area contributed by atoms with Gasteiger partial charge in [0.05, 0.1) is 0 Å². The van der Waals surface area contributed by atoms with Crippen molar-refractivity contribution in [3.05, 3.63) is 64.4 Å². The van der Waals surface area contributed by atoms with E-state index < -0.39 is 21.6 Å². The molecule has 1 heterocycles. The maximum absolute atomic E-state index is 13.2. The largest absolute Gasteiger partial charge is 0.483 e. The summed E-state index contributed by atoms with van der Waals surface area (Å²) < 4.78 is 41.3. The van der Waals surface area contributed by atoms with Gasteiger partial charge in [-0.25, -0.2) is 17.9 Å². The molecule has 36 heavy (non-hydrogen) atoms. The van der Waals surface area contributed by atoms with E-state index in [4.69, 9.17) is 21.5 Å². The SMILES string of the molecule is C[C@@H]1CN(Cc2ccc(F)cc2)[C@@H](C)CN1C(=O)COc1ccc(Cl)cc1CCC(=O)CS(N)(=O)=O. The van der Waals surface area contributed by atoms with Gasteiger partial charge < -0.3 is 9.64 Å². The van der Waals surface area contributed by atoms with Crippen molar-refractivity contribution in [2.24, 2.45) is 5.14 Å². The van der Waals surface area contributed by atoms with Gasteiger partial charge in [0, 0.05) is 43.2 Å². The molecule has 8 nitrogen and oxygen atoms in total. The third-order valence-corrected chi connectivity index (χ3v) is 7.10. The molecule has 0 aromatic heterocycles. The number of Topliss-reactive ketones (excluding diaryl/α,β-unsaturated/α-hetero) is 1. The zero-order chi connectivity index (χ0) is 26.5. The van der Waals surface area contributed by atoms with Gasteiger partial charge in [-0.3, -0.25) is 14.5 Å². The van der Waals surface area contributed by atoms with Gasteiger partial charge in [0.2, 0.25) is 10.0 Å². The summed E-state index contributed by atoms with van der Waals surface area (Å²) in [6.07, 6.45) is 0.152. The molecule has 1 aliphatic heterocycles. The first-order valence-electron chi connectivity index (χ1n) is 11.6. The molecule has 1 fully saturated rings. The number of carbonyl (C=O) groups is 2. The number of nitrogens with zero attached hydrogens (tertiary/aromatic N) is 2. The topological polar surface area (TPSA) is 110 Å². The first-order chi connectivity index (χ1) is 16.9. The maximum Gasteiger partial charge on any atom is 0.260 e. The fourth-order valence-electron chi connectivity index (χ4n) is 4.27. The van der Waals surface area contributed by atoms with Crippen LogP contribution < -0.4 is 9.88 Å². The number of sulfonamides is 1. The predicted molar refractivity (Wildman–Crippen MR) is 136 cm³/mol. The summed E-state index contributed by atoms with van der Waals surface area (Å²) in [7, 11) is -3.89. The minimum Gasteiger partial charge on any atom is -0.483 e. The Bertz CT molecular complexity index is 1190. The zero-order valence-corrected chi connectivity index (χ0v) is 21.9. The number of nitrogens with two attached hydrogens (primary N) is 1. The summed E-state index contributed by atoms with van der Waals surface area (Å²) in [6, 6.07) is 11.4. The molecular formula is C25H31ClFN3O5S. The van der Waals surface area contributed by atoms with Crippen LogP contribution in [-0.2, 0) is 32.6 Å². The van der Waals surface area contributed by atoms with Crippen molar-refractivity contribution >= 4 is 33.3 Å². The quantitative estimate of drug-likeness (QED) is 0.497. The van der Waals surface area contributed by atoms with Crippen LogP contribution in [0.3, 0.4) is 0 Å². The molecule has 2 aromatic rings. The predicted octanol–water partition coefficient (Wildman–Crippen LogP) is 2.77. The van der Waals surface area contributed by atoms with Crippen LogP contribution >= 0.6 is 11.6 Å². The average molecular weight is 540 g/mol. The molecule has 0 bridgehead atoms. The van der Waals surface area contributed by atoms with Crippen LogP contribution in [0.1, 0.15) is 31.4 Å². The van der Waals surface area contributed by atoms with Crippen LogP contribution in [-0.4, -0.2) is 67.4 Å². The summed E-state index contributed by atoms with van der Waals surface area (Å²) in [5.41, 5.74) is 1.61. The van der Waals surface area contributed by atoms with E-state index >= 15 is 0 Å². The highest BCUT2D eigenvalue weighted by Gasteiger charge is 2.32. The van der Waals surface area contributed by atoms with E-state index in [2.05, 4.69) is 4.90 Å². The van der Waals surface area contributed by atoms with E-state index in [-0.39, 0.29) is 43.3 Å². The molecule has 2 N–H and O–H groups in total. The number of carbonyl (C=O) groups excluding carboxylic acids is 2. The Labute approximate surface area is 216 Å². The van der Waals surface area contributed by atoms with Crippen LogP contribution in [0.5, 0.6) is 5.75 Å². The lowest BCUT2D eigenvalue weighted by molar-refractivity contribution is -0.139. The number of aryl methyl sites for hydroxylation is 1. The number of ketones is 1. The van der Waals surface area contributed by atoms with Crippen LogP contribution in [0.4, 0.5) is 4.39 Å². The normalized spacial score (nSPS) is 18.8. The molecule has 1 saturated heterocycles. The Balaban J connectivity index is 1.57. The van der Waals surface area contributed by atoms with Crippen LogP contribution in [0.15, 0.2) is 42.5 Å². The summed E-state index contributed by atoms with van der Waals surface area (Å²) in [5, 5.41) is 5.36. The van der Waals surface area contributed by atoms with Crippen molar-refractivity contribution in [1.29, 1.82) is 0 Å². The van der Waals surface area contributed by atoms with Gasteiger partial charge in [-0.15, -0.1) is 0 Å². The highest BCUT2D eigenvalue weighted by Crippen LogP contribution is 2.25. The van der Waals surface area contributed by atoms with Gasteiger partial charge in [0.25, 0.3) is 5.91 Å². The molecule has 0 aliphatic carbocycles. The number of amides is 1. The second-order valence-electron chi connectivity index (χ2n) is 9.19. The Kier molecular flexibility index (Phi) is 9.46. The number of piperazine rings is 1. The molecule has 0 radical (unpaired) electrons. The maximum atomic E-state index is 13.2. The monoisotopic (exact) mass is 539 g/mol. The lowest BCUT2D eigenvalue weighted by atomic mass is 10.1. The molecule has 0 saturated carbocycles. The van der Waals surface area contributed by atoms with Crippen molar-refractivity contribution < 1.29 is 27.1 Å². The third-order valence-electron chi connectivity index (χ3n) is 6.14. The van der Waals surface area contributed by atoms with Gasteiger partial charge in [-0.05, 0) is 61.7 Å². The third kappa shape index (κ3) is 8.26. The second-order valence-corrected chi connectivity index (χ2v) is 11.2. The minimum absolute atomic E-state index is 0.0433. The van der Waals surface area contributed by atoms with Crippen LogP contribution in [0.25, 0.3) is 0 Å². The Morgan fingerprint density at radius 3 is 2.47 bits per heavy atom. The Hall–Kier alpha value is -2.53. The fourth-order valence-corrected chi connectivity index (χ4v) is 5.06. The average Bonchev–Trinajstić information content (AvgIpc) is 2.79. The molecule has 3 rings (SSSR count). The van der Waals surface area contributed by atoms with Crippen LogP contribution in [0, 0.1) is 5.82 Å². The molecule has 2 atom stereocenters. The molecule has 196 valence electrons. The highest BCUT2D eigenvalue weighted by atomic mass is 35.5. The van der Waals surface area contributed by atoms with E-state index in [0.717, 1.165) is 5.56 Å². The number of benzene rings is 2. The number of rotatable bonds is 10. The van der Waals surface area contributed by atoms with E-state index in [9.17, 15) is 22.4 Å². The molecule has 2 aromatic carbocycles. The van der Waals surface area contributed by atoms with Crippen molar-refractivity contribution in [1.82, 2.24) is 9.80 Å². The Morgan fingerprint density at radius 2 is 1.81 bits per heavy atom. The van der Waals surface area contributed by atoms with E-state index in [0.29, 0.717) is 36.0 Å². The van der Waals surface area contributed by atoms with Crippen LogP contribution in [0.2, 0.25) is 5.02 Å². The van der Waals surface area contributed by atoms with Gasteiger partial charge >= 0.3 is 0 Å². The standard InChI is InChI=1S/C25H31ClFN3O5S/c1-17-13-30(18(2)12-29(17)14-19-3-7-22(27)8-4-19)25(32)15-35-24-10-6-21(26)11-20(24)5-9-23(31)16-36(28,33)34/h3-4,6-8,10-11,17-18H,5,9,12-16H2,1-2H3,(H2,28,33,34)/t17-,18+/m0/s1. The van der Waals surface area contributed by atoms with Crippen molar-refractivity contribution in [3.8, 4) is 5.75 Å². The molecule has 0 unspecified atom stereocenters. The number of hydrogen-bond acceptors (Lipinski definition) is 6. The summed E-state index contributed by atoms with van der Waals surface area (Å²) >= 11 is 6.08. The van der Waals surface area contributed by atoms with Crippen molar-refractivity contribution in [2.75, 3.05) is 25.4 Å². The first-order valence-corrected chi connectivity index (χ1v) is 13.7. The second kappa shape index (κ2) is 12.1. The Morgan fingerprint density at radius 1 is 1.11 bits per heavy atom. The smallest absolute Gasteiger partial charge is 0.260 e. The van der Waals surface area contributed by atoms with E-state index in [1.807, 2.05) is 13.8 Å². The molecule has 0 spiro atoms. The lowest BCUT2D eigenvalue weighted by Crippen LogP contribution is -2.58. The van der Waals surface area contributed by atoms with Gasteiger partial charge in [-0.1, -0.05) is 23.7 Å². The number of hydrogen-bond donors (Lipinski definition) is 1. The highest BCUT2D eigenvalue weighted by molar-refractivity contribution is 7.89. The molecule has 11 heteroatoms. The minimum atomic E-state index is -3.89. The van der Waals surface area contributed by atoms with Gasteiger partial charge in [0.1, 0.15) is 23.1 Å². The molecule has 1 aliphatic rings. The van der Waals surface area contributed by atoms with Gasteiger partial charge in [0.15, 0.2) is 6.61 Å². The fraction of sp³-hybridized carbons (Fsp3) is 0.440. The van der Waals surface area contributed by atoms with E-state index in [1.165, 1.54) is 12.1 Å². The zero-order valence-electron chi connectivity index (χ0n) is 20.3. The summed E-state index contributed by atoms with van der Waals surface area (Å²) in [4.78, 5) is 29.0. The summed E-state index contributed by atoms with van der Waals surface area (Å²) in [6.45, 7) is 5.71. The lowest BCUT2D eigenvalue weighted by Gasteiger charge is -2.44.